The van der Waals surface area contributed by atoms with E-state index in [1.165, 1.54) is 37.0 Å². The van der Waals surface area contributed by atoms with E-state index in [0.29, 0.717) is 11.8 Å². The summed E-state index contributed by atoms with van der Waals surface area (Å²) in [4.78, 5) is 14.2. The van der Waals surface area contributed by atoms with Crippen LogP contribution >= 0.6 is 0 Å². The average molecular weight is 221 g/mol. The van der Waals surface area contributed by atoms with Crippen molar-refractivity contribution in [2.75, 3.05) is 13.6 Å². The predicted octanol–water partition coefficient (Wildman–Crippen LogP) is 2.93. The van der Waals surface area contributed by atoms with Gasteiger partial charge in [-0.25, -0.2) is 0 Å². The molecule has 0 N–H and O–H groups in total. The Bertz CT molecular complexity index is 306. The second-order valence-electron chi connectivity index (χ2n) is 5.24. The molecule has 0 aromatic carbocycles. The zero-order chi connectivity index (χ0) is 11.5. The van der Waals surface area contributed by atoms with Gasteiger partial charge in [-0.1, -0.05) is 12.5 Å². The SMILES string of the molecule is CCCN(C)[C@@H]1CCC2=C(CCCC2=O)C1. The van der Waals surface area contributed by atoms with Crippen molar-refractivity contribution in [2.24, 2.45) is 0 Å². The fourth-order valence-electron chi connectivity index (χ4n) is 3.11. The van der Waals surface area contributed by atoms with Gasteiger partial charge < -0.3 is 4.90 Å². The molecule has 2 nitrogen and oxygen atoms in total. The van der Waals surface area contributed by atoms with E-state index in [-0.39, 0.29) is 0 Å². The van der Waals surface area contributed by atoms with Gasteiger partial charge in [0.1, 0.15) is 0 Å². The Morgan fingerprint density at radius 1 is 1.31 bits per heavy atom. The number of carbonyl (C=O) groups is 1. The maximum atomic E-state index is 11.8. The Morgan fingerprint density at radius 3 is 2.88 bits per heavy atom. The van der Waals surface area contributed by atoms with Gasteiger partial charge in [-0.05, 0) is 57.7 Å². The minimum atomic E-state index is 0.442. The molecule has 2 rings (SSSR count). The van der Waals surface area contributed by atoms with Gasteiger partial charge in [-0.2, -0.15) is 0 Å². The Morgan fingerprint density at radius 2 is 2.12 bits per heavy atom. The highest BCUT2D eigenvalue weighted by molar-refractivity contribution is 5.97. The number of hydrogen-bond donors (Lipinski definition) is 0. The van der Waals surface area contributed by atoms with Crippen LogP contribution in [0.1, 0.15) is 51.9 Å². The van der Waals surface area contributed by atoms with Crippen molar-refractivity contribution in [3.63, 3.8) is 0 Å². The largest absolute Gasteiger partial charge is 0.303 e. The van der Waals surface area contributed by atoms with Gasteiger partial charge >= 0.3 is 0 Å². The lowest BCUT2D eigenvalue weighted by Gasteiger charge is -2.35. The van der Waals surface area contributed by atoms with Crippen LogP contribution < -0.4 is 0 Å². The van der Waals surface area contributed by atoms with Gasteiger partial charge in [0.05, 0.1) is 0 Å². The molecule has 2 heteroatoms. The smallest absolute Gasteiger partial charge is 0.158 e. The van der Waals surface area contributed by atoms with Crippen molar-refractivity contribution in [3.05, 3.63) is 11.1 Å². The van der Waals surface area contributed by atoms with Gasteiger partial charge in [0, 0.05) is 12.5 Å². The van der Waals surface area contributed by atoms with Crippen LogP contribution in [0, 0.1) is 0 Å². The summed E-state index contributed by atoms with van der Waals surface area (Å²) in [5, 5.41) is 0. The number of hydrogen-bond acceptors (Lipinski definition) is 2. The molecule has 0 saturated heterocycles. The van der Waals surface area contributed by atoms with E-state index >= 15 is 0 Å². The first kappa shape index (κ1) is 11.8. The third kappa shape index (κ3) is 2.37. The number of carbonyl (C=O) groups excluding carboxylic acids is 1. The average Bonchev–Trinajstić information content (AvgIpc) is 2.29. The van der Waals surface area contributed by atoms with Crippen LogP contribution in [0.5, 0.6) is 0 Å². The van der Waals surface area contributed by atoms with E-state index in [1.54, 1.807) is 0 Å². The van der Waals surface area contributed by atoms with Gasteiger partial charge in [0.2, 0.25) is 0 Å². The molecular weight excluding hydrogens is 198 g/mol. The summed E-state index contributed by atoms with van der Waals surface area (Å²) in [7, 11) is 2.23. The maximum Gasteiger partial charge on any atom is 0.158 e. The molecule has 0 saturated carbocycles. The van der Waals surface area contributed by atoms with E-state index in [0.717, 1.165) is 25.7 Å². The molecule has 0 fully saturated rings. The van der Waals surface area contributed by atoms with Crippen LogP contribution in [0.15, 0.2) is 11.1 Å². The number of ketones is 1. The van der Waals surface area contributed by atoms with E-state index in [2.05, 4.69) is 18.9 Å². The van der Waals surface area contributed by atoms with Crippen molar-refractivity contribution in [3.8, 4) is 0 Å². The van der Waals surface area contributed by atoms with Crippen LogP contribution in [-0.2, 0) is 4.79 Å². The van der Waals surface area contributed by atoms with Gasteiger partial charge in [-0.3, -0.25) is 4.79 Å². The van der Waals surface area contributed by atoms with Crippen molar-refractivity contribution >= 4 is 5.78 Å². The zero-order valence-electron chi connectivity index (χ0n) is 10.6. The summed E-state index contributed by atoms with van der Waals surface area (Å²) in [5.74, 6) is 0.442. The summed E-state index contributed by atoms with van der Waals surface area (Å²) in [6, 6.07) is 0.685. The molecule has 0 unspecified atom stereocenters. The minimum absolute atomic E-state index is 0.442. The van der Waals surface area contributed by atoms with Crippen LogP contribution in [0.3, 0.4) is 0 Å². The molecule has 2 aliphatic carbocycles. The lowest BCUT2D eigenvalue weighted by atomic mass is 9.79. The van der Waals surface area contributed by atoms with E-state index < -0.39 is 0 Å². The quantitative estimate of drug-likeness (QED) is 0.730. The molecule has 0 amide bonds. The van der Waals surface area contributed by atoms with E-state index in [9.17, 15) is 4.79 Å². The summed E-state index contributed by atoms with van der Waals surface area (Å²) >= 11 is 0. The van der Waals surface area contributed by atoms with Crippen molar-refractivity contribution in [1.29, 1.82) is 0 Å². The third-order valence-electron chi connectivity index (χ3n) is 4.06. The fraction of sp³-hybridized carbons (Fsp3) is 0.786. The van der Waals surface area contributed by atoms with Crippen molar-refractivity contribution in [1.82, 2.24) is 4.90 Å². The minimum Gasteiger partial charge on any atom is -0.303 e. The summed E-state index contributed by atoms with van der Waals surface area (Å²) in [5.41, 5.74) is 2.68. The molecule has 1 atom stereocenters. The lowest BCUT2D eigenvalue weighted by molar-refractivity contribution is -0.116. The Balaban J connectivity index is 2.03. The Kier molecular flexibility index (Phi) is 3.80. The normalized spacial score (nSPS) is 26.2. The van der Waals surface area contributed by atoms with Crippen LogP contribution in [0.4, 0.5) is 0 Å². The zero-order valence-corrected chi connectivity index (χ0v) is 10.6. The molecule has 0 radical (unpaired) electrons. The number of Topliss-reactive ketones (excluding diaryl/α,β-unsaturated/α-hetero) is 1. The molecule has 0 aromatic heterocycles. The van der Waals surface area contributed by atoms with Gasteiger partial charge in [-0.15, -0.1) is 0 Å². The second kappa shape index (κ2) is 5.13. The molecule has 0 aromatic rings. The molecular formula is C14H23NO. The number of allylic oxidation sites excluding steroid dienone is 1. The van der Waals surface area contributed by atoms with Gasteiger partial charge in [0.15, 0.2) is 5.78 Å². The Hall–Kier alpha value is -0.630. The summed E-state index contributed by atoms with van der Waals surface area (Å²) in [6.45, 7) is 3.41. The molecule has 16 heavy (non-hydrogen) atoms. The van der Waals surface area contributed by atoms with Crippen LogP contribution in [-0.4, -0.2) is 30.3 Å². The molecule has 0 bridgehead atoms. The molecule has 0 aliphatic heterocycles. The highest BCUT2D eigenvalue weighted by Gasteiger charge is 2.28. The molecule has 0 heterocycles. The monoisotopic (exact) mass is 221 g/mol. The predicted molar refractivity (Wildman–Crippen MR) is 66.4 cm³/mol. The van der Waals surface area contributed by atoms with Gasteiger partial charge in [0.25, 0.3) is 0 Å². The third-order valence-corrected chi connectivity index (χ3v) is 4.06. The standard InChI is InChI=1S/C14H23NO/c1-3-9-15(2)12-7-8-13-11(10-12)5-4-6-14(13)16/h12H,3-10H2,1-2H3/t12-/m1/s1. The highest BCUT2D eigenvalue weighted by atomic mass is 16.1. The fourth-order valence-corrected chi connectivity index (χ4v) is 3.11. The molecule has 2 aliphatic rings. The Labute approximate surface area is 98.7 Å². The highest BCUT2D eigenvalue weighted by Crippen LogP contribution is 2.35. The lowest BCUT2D eigenvalue weighted by Crippen LogP contribution is -2.36. The summed E-state index contributed by atoms with van der Waals surface area (Å²) < 4.78 is 0. The molecule has 90 valence electrons. The maximum absolute atomic E-state index is 11.8. The van der Waals surface area contributed by atoms with Crippen LogP contribution in [0.25, 0.3) is 0 Å². The number of rotatable bonds is 3. The first-order valence-electron chi connectivity index (χ1n) is 6.66. The van der Waals surface area contributed by atoms with Crippen molar-refractivity contribution in [2.45, 2.75) is 57.9 Å². The van der Waals surface area contributed by atoms with E-state index in [1.807, 2.05) is 0 Å². The first-order valence-corrected chi connectivity index (χ1v) is 6.66. The second-order valence-corrected chi connectivity index (χ2v) is 5.24. The summed E-state index contributed by atoms with van der Waals surface area (Å²) in [6.07, 6.45) is 7.65. The number of nitrogens with zero attached hydrogens (tertiary/aromatic N) is 1. The van der Waals surface area contributed by atoms with E-state index in [4.69, 9.17) is 0 Å². The topological polar surface area (TPSA) is 20.3 Å². The van der Waals surface area contributed by atoms with Crippen molar-refractivity contribution < 1.29 is 4.79 Å². The first-order chi connectivity index (χ1) is 7.72. The molecule has 0 spiro atoms. The van der Waals surface area contributed by atoms with Crippen LogP contribution in [0.2, 0.25) is 0 Å².